The molecule has 27 heavy (non-hydrogen) atoms. The van der Waals surface area contributed by atoms with Crippen molar-refractivity contribution in [2.75, 3.05) is 5.32 Å². The van der Waals surface area contributed by atoms with Gasteiger partial charge in [-0.1, -0.05) is 41.7 Å². The summed E-state index contributed by atoms with van der Waals surface area (Å²) in [6, 6.07) is 13.4. The van der Waals surface area contributed by atoms with Gasteiger partial charge in [-0.15, -0.1) is 0 Å². The fourth-order valence-electron chi connectivity index (χ4n) is 2.57. The minimum absolute atomic E-state index is 0.0500. The molecule has 1 heterocycles. The zero-order valence-corrected chi connectivity index (χ0v) is 15.4. The second-order valence-corrected chi connectivity index (χ2v) is 6.83. The van der Waals surface area contributed by atoms with Gasteiger partial charge in [-0.3, -0.25) is 25.0 Å². The van der Waals surface area contributed by atoms with Crippen LogP contribution in [0.5, 0.6) is 0 Å². The molecular weight excluding hydrogens is 366 g/mol. The van der Waals surface area contributed by atoms with Crippen molar-refractivity contribution in [3.05, 3.63) is 74.6 Å². The van der Waals surface area contributed by atoms with E-state index in [-0.39, 0.29) is 17.0 Å². The average molecular weight is 381 g/mol. The quantitative estimate of drug-likeness (QED) is 0.399. The maximum absolute atomic E-state index is 12.5. The third-order valence-electron chi connectivity index (χ3n) is 3.87. The molecule has 0 radical (unpaired) electrons. The molecule has 3 rings (SSSR count). The largest absolute Gasteiger partial charge is 0.298 e. The Bertz CT molecular complexity index is 1040. The maximum Gasteiger partial charge on any atom is 0.272 e. The summed E-state index contributed by atoms with van der Waals surface area (Å²) in [5.41, 5.74) is 1.92. The van der Waals surface area contributed by atoms with E-state index in [0.717, 1.165) is 16.9 Å². The van der Waals surface area contributed by atoms with Crippen molar-refractivity contribution in [1.29, 1.82) is 0 Å². The van der Waals surface area contributed by atoms with Gasteiger partial charge in [0, 0.05) is 29.7 Å². The van der Waals surface area contributed by atoms with Gasteiger partial charge in [0.05, 0.1) is 15.5 Å². The number of ketones is 1. The number of aryl methyl sites for hydroxylation is 1. The predicted octanol–water partition coefficient (Wildman–Crippen LogP) is 4.48. The van der Waals surface area contributed by atoms with Gasteiger partial charge in [0.2, 0.25) is 0 Å². The van der Waals surface area contributed by atoms with Crippen LogP contribution < -0.4 is 5.32 Å². The van der Waals surface area contributed by atoms with Gasteiger partial charge in [0.1, 0.15) is 0 Å². The number of hydrogen-bond acceptors (Lipinski definition) is 6. The zero-order valence-electron chi connectivity index (χ0n) is 14.6. The first kappa shape index (κ1) is 18.4. The van der Waals surface area contributed by atoms with E-state index in [2.05, 4.69) is 10.3 Å². The number of aromatic nitrogens is 1. The summed E-state index contributed by atoms with van der Waals surface area (Å²) < 4.78 is 0. The highest BCUT2D eigenvalue weighted by molar-refractivity contribution is 7.18. The molecule has 3 aromatic rings. The monoisotopic (exact) mass is 381 g/mol. The number of nitro groups is 1. The number of benzene rings is 2. The topological polar surface area (TPSA) is 102 Å². The van der Waals surface area contributed by atoms with Crippen molar-refractivity contribution in [2.24, 2.45) is 0 Å². The van der Waals surface area contributed by atoms with Gasteiger partial charge in [-0.2, -0.15) is 0 Å². The summed E-state index contributed by atoms with van der Waals surface area (Å²) in [5, 5.41) is 13.9. The number of rotatable bonds is 5. The van der Waals surface area contributed by atoms with E-state index in [9.17, 15) is 19.7 Å². The number of carbonyl (C=O) groups excluding carboxylic acids is 2. The molecule has 0 saturated carbocycles. The standard InChI is InChI=1S/C19H15N3O4S/c1-11-10-14(8-9-15(11)22(25)26)18(24)21-19-20-16(17(27-19)12(2)23)13-6-4-3-5-7-13/h3-10H,1-2H3,(H,20,21,24). The van der Waals surface area contributed by atoms with E-state index in [0.29, 0.717) is 21.3 Å². The molecular formula is C19H15N3O4S. The molecule has 0 bridgehead atoms. The average Bonchev–Trinajstić information content (AvgIpc) is 3.06. The molecule has 0 aliphatic carbocycles. The van der Waals surface area contributed by atoms with Crippen LogP contribution in [0.15, 0.2) is 48.5 Å². The predicted molar refractivity (Wildman–Crippen MR) is 103 cm³/mol. The Morgan fingerprint density at radius 1 is 1.15 bits per heavy atom. The molecule has 136 valence electrons. The van der Waals surface area contributed by atoms with Crippen LogP contribution in [0.4, 0.5) is 10.8 Å². The lowest BCUT2D eigenvalue weighted by molar-refractivity contribution is -0.385. The number of thiazole rings is 1. The van der Waals surface area contributed by atoms with E-state index in [1.807, 2.05) is 30.3 Å². The molecule has 0 atom stereocenters. The van der Waals surface area contributed by atoms with E-state index < -0.39 is 10.8 Å². The smallest absolute Gasteiger partial charge is 0.272 e. The van der Waals surface area contributed by atoms with Crippen molar-refractivity contribution in [1.82, 2.24) is 4.98 Å². The van der Waals surface area contributed by atoms with Crippen LogP contribution in [0.25, 0.3) is 11.3 Å². The molecule has 8 heteroatoms. The highest BCUT2D eigenvalue weighted by Gasteiger charge is 2.19. The molecule has 0 unspecified atom stereocenters. The fourth-order valence-corrected chi connectivity index (χ4v) is 3.45. The molecule has 1 aromatic heterocycles. The summed E-state index contributed by atoms with van der Waals surface area (Å²) in [6.45, 7) is 3.02. The molecule has 0 spiro atoms. The minimum atomic E-state index is -0.497. The summed E-state index contributed by atoms with van der Waals surface area (Å²) in [5.74, 6) is -0.588. The van der Waals surface area contributed by atoms with E-state index in [4.69, 9.17) is 0 Å². The normalized spacial score (nSPS) is 10.4. The molecule has 0 fully saturated rings. The molecule has 7 nitrogen and oxygen atoms in total. The minimum Gasteiger partial charge on any atom is -0.298 e. The van der Waals surface area contributed by atoms with Crippen LogP contribution in [-0.2, 0) is 0 Å². The Morgan fingerprint density at radius 2 is 1.85 bits per heavy atom. The highest BCUT2D eigenvalue weighted by atomic mass is 32.1. The van der Waals surface area contributed by atoms with Crippen LogP contribution in [0.2, 0.25) is 0 Å². The molecule has 0 aliphatic rings. The first-order valence-corrected chi connectivity index (χ1v) is 8.82. The van der Waals surface area contributed by atoms with E-state index in [1.165, 1.54) is 25.1 Å². The van der Waals surface area contributed by atoms with Crippen molar-refractivity contribution >= 4 is 33.8 Å². The summed E-state index contributed by atoms with van der Waals surface area (Å²) in [7, 11) is 0. The number of nitrogens with one attached hydrogen (secondary N) is 1. The van der Waals surface area contributed by atoms with Crippen LogP contribution in [0, 0.1) is 17.0 Å². The summed E-state index contributed by atoms with van der Waals surface area (Å²) in [4.78, 5) is 39.7. The molecule has 2 aromatic carbocycles. The third kappa shape index (κ3) is 3.90. The van der Waals surface area contributed by atoms with Gasteiger partial charge < -0.3 is 0 Å². The first-order valence-electron chi connectivity index (χ1n) is 8.00. The Kier molecular flexibility index (Phi) is 5.09. The third-order valence-corrected chi connectivity index (χ3v) is 4.94. The van der Waals surface area contributed by atoms with Crippen molar-refractivity contribution in [3.8, 4) is 11.3 Å². The second kappa shape index (κ2) is 7.46. The second-order valence-electron chi connectivity index (χ2n) is 5.83. The van der Waals surface area contributed by atoms with E-state index >= 15 is 0 Å². The number of amides is 1. The Hall–Kier alpha value is -3.39. The summed E-state index contributed by atoms with van der Waals surface area (Å²) in [6.07, 6.45) is 0. The lowest BCUT2D eigenvalue weighted by Crippen LogP contribution is -2.12. The lowest BCUT2D eigenvalue weighted by atomic mass is 10.1. The maximum atomic E-state index is 12.5. The van der Waals surface area contributed by atoms with Crippen LogP contribution >= 0.6 is 11.3 Å². The van der Waals surface area contributed by atoms with Gasteiger partial charge >= 0.3 is 0 Å². The number of Topliss-reactive ketones (excluding diaryl/α,β-unsaturated/α-hetero) is 1. The van der Waals surface area contributed by atoms with Crippen molar-refractivity contribution in [2.45, 2.75) is 13.8 Å². The first-order chi connectivity index (χ1) is 12.9. The summed E-state index contributed by atoms with van der Waals surface area (Å²) >= 11 is 1.10. The number of nitrogens with zero attached hydrogens (tertiary/aromatic N) is 2. The van der Waals surface area contributed by atoms with Crippen molar-refractivity contribution < 1.29 is 14.5 Å². The zero-order chi connectivity index (χ0) is 19.6. The van der Waals surface area contributed by atoms with Gasteiger partial charge in [0.15, 0.2) is 10.9 Å². The molecule has 0 saturated heterocycles. The Labute approximate surface area is 158 Å². The van der Waals surface area contributed by atoms with Crippen molar-refractivity contribution in [3.63, 3.8) is 0 Å². The van der Waals surface area contributed by atoms with Crippen LogP contribution in [0.3, 0.4) is 0 Å². The number of carbonyl (C=O) groups is 2. The number of hydrogen-bond donors (Lipinski definition) is 1. The van der Waals surface area contributed by atoms with Gasteiger partial charge in [-0.05, 0) is 19.1 Å². The van der Waals surface area contributed by atoms with Crippen LogP contribution in [0.1, 0.15) is 32.5 Å². The Balaban J connectivity index is 1.90. The molecule has 0 aliphatic heterocycles. The van der Waals surface area contributed by atoms with Crippen LogP contribution in [-0.4, -0.2) is 21.6 Å². The lowest BCUT2D eigenvalue weighted by Gasteiger charge is -2.03. The van der Waals surface area contributed by atoms with Gasteiger partial charge in [-0.25, -0.2) is 4.98 Å². The highest BCUT2D eigenvalue weighted by Crippen LogP contribution is 2.32. The number of nitro benzene ring substituents is 1. The number of anilines is 1. The van der Waals surface area contributed by atoms with E-state index in [1.54, 1.807) is 6.92 Å². The fraction of sp³-hybridized carbons (Fsp3) is 0.105. The molecule has 1 amide bonds. The Morgan fingerprint density at radius 3 is 2.44 bits per heavy atom. The van der Waals surface area contributed by atoms with Gasteiger partial charge in [0.25, 0.3) is 11.6 Å². The SMILES string of the molecule is CC(=O)c1sc(NC(=O)c2ccc([N+](=O)[O-])c(C)c2)nc1-c1ccccc1. The molecule has 1 N–H and O–H groups in total.